The number of thioether (sulfide) groups is 2. The van der Waals surface area contributed by atoms with Gasteiger partial charge in [-0.05, 0) is 55.3 Å². The van der Waals surface area contributed by atoms with E-state index >= 15 is 0 Å². The number of nitrogens with one attached hydrogen (secondary N) is 1. The molecule has 1 amide bonds. The highest BCUT2D eigenvalue weighted by Crippen LogP contribution is 2.23. The van der Waals surface area contributed by atoms with Crippen LogP contribution in [0.3, 0.4) is 0 Å². The minimum atomic E-state index is -0.226. The van der Waals surface area contributed by atoms with Crippen LogP contribution in [0.1, 0.15) is 23.9 Å². The maximum Gasteiger partial charge on any atom is 0.234 e. The Morgan fingerprint density at radius 1 is 1.17 bits per heavy atom. The van der Waals surface area contributed by atoms with Crippen LogP contribution in [0.2, 0.25) is 0 Å². The molecule has 0 radical (unpaired) electrons. The number of hydrogen-bond donors (Lipinski definition) is 1. The highest BCUT2D eigenvalue weighted by atomic mass is 79.9. The molecule has 1 heterocycles. The first kappa shape index (κ1) is 22.8. The molecule has 9 heteroatoms. The summed E-state index contributed by atoms with van der Waals surface area (Å²) in [6, 6.07) is 12.2. The normalized spacial score (nSPS) is 10.9. The molecule has 0 aliphatic heterocycles. The first-order chi connectivity index (χ1) is 14.5. The Morgan fingerprint density at radius 3 is 2.63 bits per heavy atom. The fourth-order valence-electron chi connectivity index (χ4n) is 2.74. The Labute approximate surface area is 192 Å². The minimum Gasteiger partial charge on any atom is -0.325 e. The number of rotatable bonds is 9. The molecule has 0 bridgehead atoms. The molecule has 1 N–H and O–H groups in total. The smallest absolute Gasteiger partial charge is 0.234 e. The van der Waals surface area contributed by atoms with Gasteiger partial charge in [0, 0.05) is 22.5 Å². The molecule has 3 aromatic rings. The summed E-state index contributed by atoms with van der Waals surface area (Å²) in [6.07, 6.45) is 0. The fraction of sp³-hybridized carbons (Fsp3) is 0.286. The molecule has 0 spiro atoms. The number of aryl methyl sites for hydroxylation is 1. The summed E-state index contributed by atoms with van der Waals surface area (Å²) in [4.78, 5) is 12.3. The van der Waals surface area contributed by atoms with Crippen LogP contribution in [0.5, 0.6) is 0 Å². The van der Waals surface area contributed by atoms with Gasteiger partial charge in [0.2, 0.25) is 5.91 Å². The minimum absolute atomic E-state index is 0.0837. The second kappa shape index (κ2) is 11.0. The van der Waals surface area contributed by atoms with Gasteiger partial charge in [-0.25, -0.2) is 4.39 Å². The van der Waals surface area contributed by atoms with Crippen molar-refractivity contribution in [2.24, 2.45) is 0 Å². The van der Waals surface area contributed by atoms with E-state index in [0.717, 1.165) is 44.6 Å². The lowest BCUT2D eigenvalue weighted by Crippen LogP contribution is -2.14. The van der Waals surface area contributed by atoms with Gasteiger partial charge < -0.3 is 9.88 Å². The van der Waals surface area contributed by atoms with Crippen molar-refractivity contribution in [3.63, 3.8) is 0 Å². The van der Waals surface area contributed by atoms with Gasteiger partial charge in [-0.2, -0.15) is 0 Å². The molecular weight excluding hydrogens is 487 g/mol. The van der Waals surface area contributed by atoms with Crippen molar-refractivity contribution < 1.29 is 9.18 Å². The van der Waals surface area contributed by atoms with Gasteiger partial charge in [0.1, 0.15) is 11.6 Å². The van der Waals surface area contributed by atoms with Gasteiger partial charge in [-0.15, -0.1) is 22.0 Å². The summed E-state index contributed by atoms with van der Waals surface area (Å²) in [5.41, 5.74) is 2.91. The van der Waals surface area contributed by atoms with E-state index in [1.165, 1.54) is 23.9 Å². The molecule has 0 aliphatic rings. The predicted molar refractivity (Wildman–Crippen MR) is 125 cm³/mol. The van der Waals surface area contributed by atoms with Crippen molar-refractivity contribution in [3.05, 3.63) is 69.7 Å². The highest BCUT2D eigenvalue weighted by molar-refractivity contribution is 9.10. The summed E-state index contributed by atoms with van der Waals surface area (Å²) < 4.78 is 16.0. The predicted octanol–water partition coefficient (Wildman–Crippen LogP) is 5.67. The summed E-state index contributed by atoms with van der Waals surface area (Å²) in [6.45, 7) is 4.75. The molecule has 5 nitrogen and oxygen atoms in total. The molecule has 3 rings (SSSR count). The van der Waals surface area contributed by atoms with E-state index < -0.39 is 0 Å². The van der Waals surface area contributed by atoms with E-state index in [0.29, 0.717) is 5.75 Å². The van der Waals surface area contributed by atoms with Crippen molar-refractivity contribution in [2.75, 3.05) is 11.1 Å². The molecular formula is C21H22BrFN4OS2. The van der Waals surface area contributed by atoms with Crippen molar-refractivity contribution >= 4 is 51.0 Å². The first-order valence-corrected chi connectivity index (χ1v) is 12.3. The van der Waals surface area contributed by atoms with Gasteiger partial charge in [0.15, 0.2) is 5.16 Å². The molecule has 30 heavy (non-hydrogen) atoms. The van der Waals surface area contributed by atoms with E-state index in [4.69, 9.17) is 0 Å². The zero-order valence-corrected chi connectivity index (χ0v) is 19.9. The molecule has 0 unspecified atom stereocenters. The summed E-state index contributed by atoms with van der Waals surface area (Å²) in [5.74, 6) is 2.29. The number of carbonyl (C=O) groups excluding carboxylic acids is 1. The number of aromatic nitrogens is 3. The van der Waals surface area contributed by atoms with Crippen LogP contribution >= 0.6 is 39.5 Å². The molecule has 1 aromatic heterocycles. The summed E-state index contributed by atoms with van der Waals surface area (Å²) in [5, 5.41) is 12.2. The highest BCUT2D eigenvalue weighted by Gasteiger charge is 2.13. The van der Waals surface area contributed by atoms with E-state index in [1.54, 1.807) is 23.9 Å². The molecule has 0 atom stereocenters. The SMILES string of the molecule is CCn1c(CSCc2ccc(F)cc2)nnc1SCC(=O)Nc1ccc(Br)c(C)c1. The van der Waals surface area contributed by atoms with Crippen molar-refractivity contribution in [3.8, 4) is 0 Å². The van der Waals surface area contributed by atoms with Gasteiger partial charge in [-0.1, -0.05) is 39.8 Å². The lowest BCUT2D eigenvalue weighted by Gasteiger charge is -2.09. The summed E-state index contributed by atoms with van der Waals surface area (Å²) >= 11 is 6.53. The molecule has 0 saturated heterocycles. The topological polar surface area (TPSA) is 59.8 Å². The fourth-order valence-corrected chi connectivity index (χ4v) is 4.73. The van der Waals surface area contributed by atoms with Gasteiger partial charge in [0.25, 0.3) is 0 Å². The van der Waals surface area contributed by atoms with Gasteiger partial charge >= 0.3 is 0 Å². The maximum absolute atomic E-state index is 13.0. The zero-order chi connectivity index (χ0) is 21.5. The van der Waals surface area contributed by atoms with Crippen molar-refractivity contribution in [1.82, 2.24) is 14.8 Å². The third-order valence-electron chi connectivity index (χ3n) is 4.30. The van der Waals surface area contributed by atoms with E-state index in [1.807, 2.05) is 36.6 Å². The van der Waals surface area contributed by atoms with Gasteiger partial charge in [0.05, 0.1) is 11.5 Å². The van der Waals surface area contributed by atoms with E-state index in [2.05, 4.69) is 31.4 Å². The number of hydrogen-bond acceptors (Lipinski definition) is 5. The second-order valence-corrected chi connectivity index (χ2v) is 9.35. The Hall–Kier alpha value is -1.84. The van der Waals surface area contributed by atoms with E-state index in [9.17, 15) is 9.18 Å². The number of benzene rings is 2. The summed E-state index contributed by atoms with van der Waals surface area (Å²) in [7, 11) is 0. The number of amides is 1. The van der Waals surface area contributed by atoms with Crippen LogP contribution in [-0.2, 0) is 22.8 Å². The number of nitrogens with zero attached hydrogens (tertiary/aromatic N) is 3. The Bertz CT molecular complexity index is 1010. The van der Waals surface area contributed by atoms with E-state index in [-0.39, 0.29) is 17.5 Å². The lowest BCUT2D eigenvalue weighted by atomic mass is 10.2. The largest absolute Gasteiger partial charge is 0.325 e. The molecule has 0 saturated carbocycles. The van der Waals surface area contributed by atoms with Crippen LogP contribution in [-0.4, -0.2) is 26.4 Å². The average Bonchev–Trinajstić information content (AvgIpc) is 3.12. The van der Waals surface area contributed by atoms with Crippen molar-refractivity contribution in [1.29, 1.82) is 0 Å². The van der Waals surface area contributed by atoms with Crippen molar-refractivity contribution in [2.45, 2.75) is 37.1 Å². The van der Waals surface area contributed by atoms with Crippen LogP contribution in [0.25, 0.3) is 0 Å². The Kier molecular flexibility index (Phi) is 8.35. The monoisotopic (exact) mass is 508 g/mol. The maximum atomic E-state index is 13.0. The zero-order valence-electron chi connectivity index (χ0n) is 16.7. The molecule has 2 aromatic carbocycles. The van der Waals surface area contributed by atoms with Crippen LogP contribution < -0.4 is 5.32 Å². The third-order valence-corrected chi connectivity index (χ3v) is 7.15. The van der Waals surface area contributed by atoms with Crippen LogP contribution in [0.4, 0.5) is 10.1 Å². The number of anilines is 1. The number of halogens is 2. The average molecular weight is 509 g/mol. The molecule has 0 fully saturated rings. The Balaban J connectivity index is 1.52. The molecule has 158 valence electrons. The lowest BCUT2D eigenvalue weighted by molar-refractivity contribution is -0.113. The third kappa shape index (κ3) is 6.33. The quantitative estimate of drug-likeness (QED) is 0.377. The number of carbonyl (C=O) groups is 1. The standard InChI is InChI=1S/C21H22BrFN4OS2/c1-3-27-19(12-29-11-15-4-6-16(23)7-5-15)25-26-21(27)30-13-20(28)24-17-8-9-18(22)14(2)10-17/h4-10H,3,11-13H2,1-2H3,(H,24,28). The van der Waals surface area contributed by atoms with Gasteiger partial charge in [-0.3, -0.25) is 4.79 Å². The molecule has 0 aliphatic carbocycles. The Morgan fingerprint density at radius 2 is 1.93 bits per heavy atom. The van der Waals surface area contributed by atoms with Crippen LogP contribution in [0, 0.1) is 12.7 Å². The first-order valence-electron chi connectivity index (χ1n) is 9.39. The second-order valence-electron chi connectivity index (χ2n) is 6.56. The van der Waals surface area contributed by atoms with Crippen LogP contribution in [0.15, 0.2) is 52.1 Å².